The van der Waals surface area contributed by atoms with E-state index in [0.29, 0.717) is 37.5 Å². The van der Waals surface area contributed by atoms with Crippen LogP contribution in [0.1, 0.15) is 24.2 Å². The number of hydrogen-bond donors (Lipinski definition) is 0. The van der Waals surface area contributed by atoms with Crippen LogP contribution in [0.3, 0.4) is 0 Å². The lowest BCUT2D eigenvalue weighted by molar-refractivity contribution is -0.124. The molecule has 2 aromatic carbocycles. The van der Waals surface area contributed by atoms with Crippen molar-refractivity contribution >= 4 is 69.3 Å². The molecule has 2 amide bonds. The summed E-state index contributed by atoms with van der Waals surface area (Å²) in [5.74, 6) is -2.40. The Morgan fingerprint density at radius 2 is 1.50 bits per heavy atom. The van der Waals surface area contributed by atoms with Crippen molar-refractivity contribution in [2.24, 2.45) is 7.05 Å². The summed E-state index contributed by atoms with van der Waals surface area (Å²) < 4.78 is 6.01. The molecule has 0 aliphatic heterocycles. The number of ether oxygens (including phenoxy) is 1. The Morgan fingerprint density at radius 1 is 0.895 bits per heavy atom. The maximum absolute atomic E-state index is 13.4. The standard InChI is InChI=1S/C27H20Cl3N3O5/c1-13(34)33(14(2)35)24-20-12-19(15-5-7-16(28)8-6-15)23(18-10-9-17(29)11-21(18)30)31-25(20)32(3)26(36)22(24)27(37)38-4/h5-12H,1-4H3. The van der Waals surface area contributed by atoms with Crippen LogP contribution in [-0.4, -0.2) is 34.4 Å². The van der Waals surface area contributed by atoms with E-state index in [1.54, 1.807) is 48.5 Å². The minimum atomic E-state index is -1.01. The third kappa shape index (κ3) is 4.78. The number of nitrogens with zero attached hydrogens (tertiary/aromatic N) is 3. The van der Waals surface area contributed by atoms with E-state index < -0.39 is 28.9 Å². The van der Waals surface area contributed by atoms with E-state index in [-0.39, 0.29) is 16.7 Å². The number of amides is 2. The first-order valence-corrected chi connectivity index (χ1v) is 12.3. The fourth-order valence-corrected chi connectivity index (χ4v) is 4.85. The van der Waals surface area contributed by atoms with Crippen molar-refractivity contribution in [3.63, 3.8) is 0 Å². The zero-order valence-corrected chi connectivity index (χ0v) is 22.9. The van der Waals surface area contributed by atoms with Gasteiger partial charge < -0.3 is 4.74 Å². The molecule has 4 aromatic rings. The number of esters is 1. The van der Waals surface area contributed by atoms with Gasteiger partial charge in [0.2, 0.25) is 11.8 Å². The highest BCUT2D eigenvalue weighted by Gasteiger charge is 2.31. The van der Waals surface area contributed by atoms with Gasteiger partial charge in [-0.25, -0.2) is 14.7 Å². The number of benzene rings is 2. The number of fused-ring (bicyclic) bond motifs is 1. The predicted molar refractivity (Wildman–Crippen MR) is 148 cm³/mol. The van der Waals surface area contributed by atoms with Crippen LogP contribution in [0.5, 0.6) is 0 Å². The highest BCUT2D eigenvalue weighted by Crippen LogP contribution is 2.40. The van der Waals surface area contributed by atoms with E-state index in [1.807, 2.05) is 0 Å². The number of carbonyl (C=O) groups is 3. The number of hydrogen-bond acceptors (Lipinski definition) is 6. The fraction of sp³-hybridized carbons (Fsp3) is 0.148. The summed E-state index contributed by atoms with van der Waals surface area (Å²) in [6, 6.07) is 13.4. The van der Waals surface area contributed by atoms with Crippen LogP contribution in [0.2, 0.25) is 15.1 Å². The highest BCUT2D eigenvalue weighted by molar-refractivity contribution is 6.36. The van der Waals surface area contributed by atoms with Gasteiger partial charge in [-0.2, -0.15) is 0 Å². The number of aryl methyl sites for hydroxylation is 1. The second kappa shape index (κ2) is 10.6. The summed E-state index contributed by atoms with van der Waals surface area (Å²) in [4.78, 5) is 57.0. The predicted octanol–water partition coefficient (Wildman–Crippen LogP) is 5.91. The van der Waals surface area contributed by atoms with Crippen molar-refractivity contribution in [3.05, 3.63) is 79.5 Å². The van der Waals surface area contributed by atoms with Crippen LogP contribution >= 0.6 is 34.8 Å². The van der Waals surface area contributed by atoms with Crippen LogP contribution in [-0.2, 0) is 21.4 Å². The summed E-state index contributed by atoms with van der Waals surface area (Å²) in [5.41, 5.74) is 0.716. The van der Waals surface area contributed by atoms with Crippen LogP contribution in [0, 0.1) is 0 Å². The number of aromatic nitrogens is 2. The van der Waals surface area contributed by atoms with Gasteiger partial charge in [-0.1, -0.05) is 46.9 Å². The van der Waals surface area contributed by atoms with Gasteiger partial charge in [-0.05, 0) is 42.0 Å². The van der Waals surface area contributed by atoms with Gasteiger partial charge in [0.25, 0.3) is 5.56 Å². The maximum Gasteiger partial charge on any atom is 0.345 e. The Kier molecular flexibility index (Phi) is 7.60. The first-order valence-electron chi connectivity index (χ1n) is 11.1. The SMILES string of the molecule is COC(=O)c1c(N(C(C)=O)C(C)=O)c2cc(-c3ccc(Cl)cc3)c(-c3ccc(Cl)cc3Cl)nc2n(C)c1=O. The van der Waals surface area contributed by atoms with Crippen LogP contribution < -0.4 is 10.5 Å². The minimum absolute atomic E-state index is 0.101. The lowest BCUT2D eigenvalue weighted by atomic mass is 9.96. The molecule has 0 saturated heterocycles. The normalized spacial score (nSPS) is 10.9. The molecule has 0 unspecified atom stereocenters. The summed E-state index contributed by atoms with van der Waals surface area (Å²) in [7, 11) is 2.53. The number of anilines is 1. The topological polar surface area (TPSA) is 98.6 Å². The van der Waals surface area contributed by atoms with Crippen molar-refractivity contribution in [1.82, 2.24) is 9.55 Å². The maximum atomic E-state index is 13.4. The molecule has 0 bridgehead atoms. The molecular formula is C27H20Cl3N3O5. The number of halogens is 3. The minimum Gasteiger partial charge on any atom is -0.465 e. The summed E-state index contributed by atoms with van der Waals surface area (Å²) >= 11 is 18.8. The van der Waals surface area contributed by atoms with Gasteiger partial charge >= 0.3 is 5.97 Å². The number of imide groups is 1. The Labute approximate surface area is 232 Å². The van der Waals surface area contributed by atoms with E-state index in [2.05, 4.69) is 0 Å². The van der Waals surface area contributed by atoms with Gasteiger partial charge in [0.1, 0.15) is 11.2 Å². The number of pyridine rings is 2. The molecule has 0 spiro atoms. The van der Waals surface area contributed by atoms with Gasteiger partial charge in [0.05, 0.1) is 23.5 Å². The third-order valence-corrected chi connectivity index (χ3v) is 6.71. The number of carbonyl (C=O) groups excluding carboxylic acids is 3. The van der Waals surface area contributed by atoms with Crippen molar-refractivity contribution in [1.29, 1.82) is 0 Å². The molecule has 0 fully saturated rings. The molecule has 8 nitrogen and oxygen atoms in total. The molecule has 38 heavy (non-hydrogen) atoms. The molecule has 11 heteroatoms. The van der Waals surface area contributed by atoms with E-state index in [9.17, 15) is 19.2 Å². The average molecular weight is 573 g/mol. The molecule has 0 aliphatic rings. The molecule has 0 atom stereocenters. The molecule has 2 aromatic heterocycles. The molecule has 0 N–H and O–H groups in total. The lowest BCUT2D eigenvalue weighted by Gasteiger charge is -2.23. The Morgan fingerprint density at radius 3 is 2.05 bits per heavy atom. The Hall–Kier alpha value is -3.72. The molecule has 0 saturated carbocycles. The second-order valence-electron chi connectivity index (χ2n) is 8.34. The molecular weight excluding hydrogens is 553 g/mol. The Balaban J connectivity index is 2.27. The van der Waals surface area contributed by atoms with E-state index in [1.165, 1.54) is 7.05 Å². The molecule has 0 radical (unpaired) electrons. The summed E-state index contributed by atoms with van der Waals surface area (Å²) in [5, 5.41) is 1.43. The van der Waals surface area contributed by atoms with E-state index in [0.717, 1.165) is 30.4 Å². The van der Waals surface area contributed by atoms with Crippen molar-refractivity contribution in [2.45, 2.75) is 13.8 Å². The smallest absolute Gasteiger partial charge is 0.345 e. The number of rotatable bonds is 4. The largest absolute Gasteiger partial charge is 0.465 e. The average Bonchev–Trinajstić information content (AvgIpc) is 2.86. The van der Waals surface area contributed by atoms with Crippen LogP contribution in [0.4, 0.5) is 5.69 Å². The quantitative estimate of drug-likeness (QED) is 0.282. The third-order valence-electron chi connectivity index (χ3n) is 5.91. The van der Waals surface area contributed by atoms with Gasteiger partial charge in [-0.15, -0.1) is 0 Å². The van der Waals surface area contributed by atoms with Gasteiger partial charge in [-0.3, -0.25) is 19.0 Å². The highest BCUT2D eigenvalue weighted by atomic mass is 35.5. The zero-order valence-electron chi connectivity index (χ0n) is 20.6. The van der Waals surface area contributed by atoms with Crippen molar-refractivity contribution < 1.29 is 19.1 Å². The fourth-order valence-electron chi connectivity index (χ4n) is 4.22. The van der Waals surface area contributed by atoms with E-state index in [4.69, 9.17) is 44.5 Å². The summed E-state index contributed by atoms with van der Waals surface area (Å²) in [6.45, 7) is 2.31. The van der Waals surface area contributed by atoms with Crippen LogP contribution in [0.15, 0.2) is 53.3 Å². The van der Waals surface area contributed by atoms with Gasteiger partial charge in [0.15, 0.2) is 0 Å². The summed E-state index contributed by atoms with van der Waals surface area (Å²) in [6.07, 6.45) is 0. The molecule has 194 valence electrons. The number of methoxy groups -OCH3 is 1. The van der Waals surface area contributed by atoms with Gasteiger partial charge in [0, 0.05) is 47.5 Å². The van der Waals surface area contributed by atoms with Crippen molar-refractivity contribution in [3.8, 4) is 22.4 Å². The lowest BCUT2D eigenvalue weighted by Crippen LogP contribution is -2.38. The monoisotopic (exact) mass is 571 g/mol. The molecule has 4 rings (SSSR count). The van der Waals surface area contributed by atoms with E-state index >= 15 is 0 Å². The second-order valence-corrected chi connectivity index (χ2v) is 9.62. The molecule has 0 aliphatic carbocycles. The first kappa shape index (κ1) is 27.3. The molecule has 2 heterocycles. The first-order chi connectivity index (χ1) is 18.0. The zero-order chi connectivity index (χ0) is 27.9. The van der Waals surface area contributed by atoms with Crippen LogP contribution in [0.25, 0.3) is 33.4 Å². The Bertz CT molecular complexity index is 1680. The van der Waals surface area contributed by atoms with Crippen molar-refractivity contribution in [2.75, 3.05) is 12.0 Å².